The second-order valence-corrected chi connectivity index (χ2v) is 20.3. The van der Waals surface area contributed by atoms with Gasteiger partial charge in [-0.15, -0.1) is 54.1 Å². The molecule has 0 unspecified atom stereocenters. The van der Waals surface area contributed by atoms with Crippen LogP contribution in [0.15, 0.2) is 150 Å². The van der Waals surface area contributed by atoms with E-state index in [0.29, 0.717) is 5.92 Å². The average Bonchev–Trinajstić information content (AvgIpc) is 3.76. The van der Waals surface area contributed by atoms with Crippen LogP contribution in [0.1, 0.15) is 30.9 Å². The fourth-order valence-electron chi connectivity index (χ4n) is 6.96. The number of aryl methyl sites for hydroxylation is 1. The number of rotatable bonds is 6. The number of fused-ring (bicyclic) bond motifs is 4. The Morgan fingerprint density at radius 3 is 2.24 bits per heavy atom. The van der Waals surface area contributed by atoms with Crippen LogP contribution in [-0.4, -0.2) is 22.6 Å². The zero-order valence-electron chi connectivity index (χ0n) is 32.0. The third-order valence-corrected chi connectivity index (χ3v) is 12.0. The minimum atomic E-state index is -1.23. The number of para-hydroxylation sites is 2. The monoisotopic (exact) mass is 910 g/mol. The smallest absolute Gasteiger partial charge is 0.121 e. The zero-order chi connectivity index (χ0) is 37.4. The third kappa shape index (κ3) is 7.63. The minimum Gasteiger partial charge on any atom is -0.501 e. The van der Waals surface area contributed by atoms with Crippen LogP contribution in [0.5, 0.6) is 0 Å². The van der Waals surface area contributed by atoms with Gasteiger partial charge in [-0.2, -0.15) is 0 Å². The van der Waals surface area contributed by atoms with Crippen molar-refractivity contribution in [3.8, 4) is 39.5 Å². The van der Waals surface area contributed by atoms with Crippen molar-refractivity contribution < 1.29 is 24.5 Å². The maximum Gasteiger partial charge on any atom is 0.121 e. The van der Waals surface area contributed by atoms with Crippen LogP contribution in [0.25, 0.3) is 72.4 Å². The molecule has 0 bridgehead atoms. The molecule has 0 atom stereocenters. The topological polar surface area (TPSA) is 43.9 Å². The maximum atomic E-state index is 6.49. The van der Waals surface area contributed by atoms with Crippen molar-refractivity contribution in [2.75, 3.05) is 0 Å². The molecule has 4 nitrogen and oxygen atoms in total. The molecule has 0 aliphatic carbocycles. The second-order valence-electron chi connectivity index (χ2n) is 15.2. The normalized spacial score (nSPS) is 11.5. The Morgan fingerprint density at radius 2 is 1.51 bits per heavy atom. The summed E-state index contributed by atoms with van der Waals surface area (Å²) in [7, 11) is -1.23. The molecule has 0 fully saturated rings. The van der Waals surface area contributed by atoms with Gasteiger partial charge in [-0.05, 0) is 70.7 Å². The Morgan fingerprint density at radius 1 is 0.727 bits per heavy atom. The summed E-state index contributed by atoms with van der Waals surface area (Å²) in [4.78, 5) is 9.68. The quantitative estimate of drug-likeness (QED) is 0.123. The first-order chi connectivity index (χ1) is 26.2. The van der Waals surface area contributed by atoms with Gasteiger partial charge < -0.3 is 14.0 Å². The van der Waals surface area contributed by atoms with E-state index in [2.05, 4.69) is 165 Å². The van der Waals surface area contributed by atoms with Crippen LogP contribution in [0, 0.1) is 19.1 Å². The summed E-state index contributed by atoms with van der Waals surface area (Å²) in [6.07, 6.45) is 2.02. The molecule has 9 aromatic rings. The molecule has 0 N–H and O–H groups in total. The zero-order valence-corrected chi connectivity index (χ0v) is 35.4. The molecule has 0 aliphatic heterocycles. The first kappa shape index (κ1) is 37.9. The molecule has 55 heavy (non-hydrogen) atoms. The van der Waals surface area contributed by atoms with E-state index in [1.165, 1.54) is 27.4 Å². The second kappa shape index (κ2) is 15.8. The van der Waals surface area contributed by atoms with Crippen molar-refractivity contribution in [1.82, 2.24) is 14.5 Å². The SMILES string of the molecule is C[Si](C)(C)c1ccc(-c2[c-]cccc2)nc1.Cc1ccc2c(c1)oc1c(-c3nc4ccccc4n3-c3ccc(C(C)C)cc3-c3ccccc3)[c-]ccc12.[Ir]. The summed E-state index contributed by atoms with van der Waals surface area (Å²) >= 11 is 0. The van der Waals surface area contributed by atoms with Crippen LogP contribution < -0.4 is 5.19 Å². The Balaban J connectivity index is 0.000000231. The van der Waals surface area contributed by atoms with Crippen LogP contribution in [0.2, 0.25) is 19.6 Å². The van der Waals surface area contributed by atoms with Crippen LogP contribution >= 0.6 is 0 Å². The Bertz CT molecular complexity index is 2730. The first-order valence-corrected chi connectivity index (χ1v) is 22.1. The van der Waals surface area contributed by atoms with Gasteiger partial charge in [0.25, 0.3) is 0 Å². The van der Waals surface area contributed by atoms with E-state index in [-0.39, 0.29) is 20.1 Å². The number of benzene rings is 6. The van der Waals surface area contributed by atoms with Gasteiger partial charge in [0.2, 0.25) is 0 Å². The van der Waals surface area contributed by atoms with E-state index in [1.807, 2.05) is 42.6 Å². The predicted octanol–water partition coefficient (Wildman–Crippen LogP) is 12.6. The molecule has 3 aromatic heterocycles. The molecule has 0 aliphatic rings. The minimum absolute atomic E-state index is 0. The van der Waals surface area contributed by atoms with Crippen molar-refractivity contribution in [1.29, 1.82) is 0 Å². The molecular weight excluding hydrogens is 867 g/mol. The summed E-state index contributed by atoms with van der Waals surface area (Å²) in [5.74, 6) is 1.24. The number of hydrogen-bond acceptors (Lipinski definition) is 3. The van der Waals surface area contributed by atoms with Gasteiger partial charge in [0, 0.05) is 42.9 Å². The van der Waals surface area contributed by atoms with Gasteiger partial charge >= 0.3 is 0 Å². The van der Waals surface area contributed by atoms with Crippen LogP contribution in [0.3, 0.4) is 0 Å². The van der Waals surface area contributed by atoms with E-state index in [9.17, 15) is 0 Å². The van der Waals surface area contributed by atoms with Crippen molar-refractivity contribution in [3.63, 3.8) is 0 Å². The molecule has 9 rings (SSSR count). The van der Waals surface area contributed by atoms with Gasteiger partial charge in [0.1, 0.15) is 5.58 Å². The standard InChI is InChI=1S/C35H27N2O.C14H16NSi.Ir/c1-22(2)25-17-19-31(29(21-25)24-10-5-4-6-11-24)37-32-15-8-7-14-30(32)36-35(37)28-13-9-12-27-26-18-16-23(3)20-33(26)38-34(27)28;1-16(2,3)13-9-10-14(15-11-13)12-7-5-4-6-8-12;/h4-12,14-22H,1-3H3;4-7,9-11H,1-3H3;/q2*-1;. The van der Waals surface area contributed by atoms with Crippen LogP contribution in [0.4, 0.5) is 0 Å². The van der Waals surface area contributed by atoms with Gasteiger partial charge in [-0.25, -0.2) is 0 Å². The van der Waals surface area contributed by atoms with E-state index in [1.54, 1.807) is 0 Å². The molecule has 1 radical (unpaired) electrons. The third-order valence-electron chi connectivity index (χ3n) is 10.0. The summed E-state index contributed by atoms with van der Waals surface area (Å²) in [5, 5.41) is 3.58. The van der Waals surface area contributed by atoms with Gasteiger partial charge in [0.15, 0.2) is 0 Å². The van der Waals surface area contributed by atoms with Crippen molar-refractivity contribution in [2.45, 2.75) is 46.3 Å². The van der Waals surface area contributed by atoms with E-state index in [4.69, 9.17) is 9.40 Å². The Hall–Kier alpha value is -5.39. The predicted molar refractivity (Wildman–Crippen MR) is 228 cm³/mol. The molecule has 275 valence electrons. The van der Waals surface area contributed by atoms with Gasteiger partial charge in [-0.1, -0.05) is 117 Å². The first-order valence-electron chi connectivity index (χ1n) is 18.6. The fourth-order valence-corrected chi connectivity index (χ4v) is 7.99. The number of aromatic nitrogens is 3. The van der Waals surface area contributed by atoms with Crippen molar-refractivity contribution >= 4 is 46.2 Å². The molecule has 6 heteroatoms. The van der Waals surface area contributed by atoms with Crippen molar-refractivity contribution in [3.05, 3.63) is 169 Å². The Kier molecular flexibility index (Phi) is 10.9. The molecule has 0 amide bonds. The largest absolute Gasteiger partial charge is 0.501 e. The van der Waals surface area contributed by atoms with E-state index in [0.717, 1.165) is 61.3 Å². The number of hydrogen-bond donors (Lipinski definition) is 0. The van der Waals surface area contributed by atoms with Gasteiger partial charge in [-0.3, -0.25) is 4.98 Å². The summed E-state index contributed by atoms with van der Waals surface area (Å²) in [6, 6.07) is 55.1. The number of furan rings is 1. The van der Waals surface area contributed by atoms with E-state index < -0.39 is 8.07 Å². The number of imidazole rings is 1. The maximum absolute atomic E-state index is 6.49. The molecule has 0 spiro atoms. The summed E-state index contributed by atoms with van der Waals surface area (Å²) < 4.78 is 8.76. The van der Waals surface area contributed by atoms with Crippen molar-refractivity contribution in [2.24, 2.45) is 0 Å². The average molecular weight is 910 g/mol. The number of nitrogens with zero attached hydrogens (tertiary/aromatic N) is 3. The number of pyridine rings is 1. The summed E-state index contributed by atoms with van der Waals surface area (Å²) in [6.45, 7) is 13.6. The van der Waals surface area contributed by atoms with E-state index >= 15 is 0 Å². The van der Waals surface area contributed by atoms with Gasteiger partial charge in [0.05, 0.1) is 30.5 Å². The van der Waals surface area contributed by atoms with Crippen LogP contribution in [-0.2, 0) is 20.1 Å². The fraction of sp³-hybridized carbons (Fsp3) is 0.143. The molecule has 6 aromatic carbocycles. The Labute approximate surface area is 338 Å². The summed E-state index contributed by atoms with van der Waals surface area (Å²) in [5.41, 5.74) is 12.5. The molecular formula is C49H43IrN3OSi-2. The molecule has 0 saturated carbocycles. The molecule has 0 saturated heterocycles. The molecule has 3 heterocycles.